The molecule has 0 amide bonds. The van der Waals surface area contributed by atoms with Gasteiger partial charge in [0.05, 0.1) is 71.0 Å². The molecule has 0 aliphatic carbocycles. The molecule has 0 saturated carbocycles. The molecule has 5 N–H and O–H groups in total. The van der Waals surface area contributed by atoms with Crippen LogP contribution >= 0.6 is 0 Å². The van der Waals surface area contributed by atoms with Gasteiger partial charge in [-0.25, -0.2) is 9.59 Å². The second-order valence-corrected chi connectivity index (χ2v) is 11.3. The first-order valence-corrected chi connectivity index (χ1v) is 15.5. The molecule has 16 heteroatoms. The Morgan fingerprint density at radius 2 is 1.12 bits per heavy atom. The van der Waals surface area contributed by atoms with Crippen LogP contribution in [0.5, 0.6) is 23.0 Å². The number of methoxy groups -OCH3 is 3. The molecule has 2 aromatic rings. The molecule has 16 nitrogen and oxygen atoms in total. The Balaban J connectivity index is 0.000000266. The van der Waals surface area contributed by atoms with Gasteiger partial charge < -0.3 is 59.1 Å². The van der Waals surface area contributed by atoms with Gasteiger partial charge in [-0.1, -0.05) is 0 Å². The van der Waals surface area contributed by atoms with Crippen molar-refractivity contribution in [1.29, 1.82) is 0 Å². The van der Waals surface area contributed by atoms with Crippen molar-refractivity contribution in [2.24, 2.45) is 9.98 Å². The number of ether oxygens (including phenoxy) is 7. The molecule has 0 saturated heterocycles. The average Bonchev–Trinajstić information content (AvgIpc) is 3.68. The van der Waals surface area contributed by atoms with Gasteiger partial charge in [0.2, 0.25) is 0 Å². The summed E-state index contributed by atoms with van der Waals surface area (Å²) in [5, 5.41) is 35.4. The van der Waals surface area contributed by atoms with Crippen molar-refractivity contribution in [3.05, 3.63) is 47.5 Å². The highest BCUT2D eigenvalue weighted by molar-refractivity contribution is 6.06. The van der Waals surface area contributed by atoms with Gasteiger partial charge in [-0.15, -0.1) is 0 Å². The number of carboxylic acids is 1. The molecule has 0 aromatic heterocycles. The standard InChI is InChI=1S/C17H24N2O6.C16H22N2O6/c1-17(16(21)23-3)11-18-15(19-17)13-5-4-12(10-14(13)20)25-9-8-24-7-6-22-2;1-16(15(20)21)10-17-14(18-16)12-4-3-11(9-13(12)19)24-8-7-23-6-5-22-2/h4-5,10,20H,6-9,11H2,1-3H3,(H,18,19);3-4,9,19H,5-8,10H2,1-2H3,(H,17,18)(H,20,21). The fourth-order valence-corrected chi connectivity index (χ4v) is 4.45. The lowest BCUT2D eigenvalue weighted by Gasteiger charge is -2.21. The number of carbonyl (C=O) groups excluding carboxylic acids is 1. The third-order valence-corrected chi connectivity index (χ3v) is 7.31. The first-order chi connectivity index (χ1) is 23.5. The Hall–Kier alpha value is -4.64. The number of aliphatic carboxylic acids is 1. The number of amidine groups is 2. The van der Waals surface area contributed by atoms with Crippen molar-refractivity contribution in [1.82, 2.24) is 10.6 Å². The number of aliphatic imine (C=N–C) groups is 2. The van der Waals surface area contributed by atoms with Crippen LogP contribution in [-0.2, 0) is 33.3 Å². The van der Waals surface area contributed by atoms with Crippen LogP contribution in [0.4, 0.5) is 0 Å². The molecule has 2 aromatic carbocycles. The van der Waals surface area contributed by atoms with Crippen molar-refractivity contribution in [2.45, 2.75) is 24.9 Å². The lowest BCUT2D eigenvalue weighted by Crippen LogP contribution is -2.50. The van der Waals surface area contributed by atoms with E-state index in [4.69, 9.17) is 33.2 Å². The Morgan fingerprint density at radius 3 is 1.51 bits per heavy atom. The van der Waals surface area contributed by atoms with Gasteiger partial charge in [-0.2, -0.15) is 0 Å². The monoisotopic (exact) mass is 690 g/mol. The van der Waals surface area contributed by atoms with Crippen LogP contribution in [0.25, 0.3) is 0 Å². The number of hydrogen-bond acceptors (Lipinski definition) is 15. The minimum atomic E-state index is -1.16. The minimum absolute atomic E-state index is 0.0122. The summed E-state index contributed by atoms with van der Waals surface area (Å²) in [5.41, 5.74) is -1.15. The Bertz CT molecular complexity index is 1470. The zero-order chi connectivity index (χ0) is 35.9. The molecule has 4 rings (SSSR count). The van der Waals surface area contributed by atoms with Gasteiger partial charge in [0, 0.05) is 26.4 Å². The molecule has 0 bridgehead atoms. The molecule has 2 aliphatic heterocycles. The number of esters is 1. The maximum atomic E-state index is 11.8. The van der Waals surface area contributed by atoms with Crippen molar-refractivity contribution in [2.75, 3.05) is 87.3 Å². The van der Waals surface area contributed by atoms with E-state index in [-0.39, 0.29) is 24.6 Å². The van der Waals surface area contributed by atoms with E-state index >= 15 is 0 Å². The van der Waals surface area contributed by atoms with E-state index in [0.717, 1.165) is 0 Å². The van der Waals surface area contributed by atoms with Crippen molar-refractivity contribution in [3.63, 3.8) is 0 Å². The number of rotatable bonds is 18. The SMILES string of the molecule is COCCOCCOc1ccc(C2=NCC(C)(C(=O)O)N2)c(O)c1.COCCOCCOc1ccc(C2=NCC(C)(C(=O)OC)N2)c(O)c1. The van der Waals surface area contributed by atoms with Gasteiger partial charge >= 0.3 is 11.9 Å². The Kier molecular flexibility index (Phi) is 14.9. The maximum Gasteiger partial charge on any atom is 0.333 e. The van der Waals surface area contributed by atoms with Gasteiger partial charge in [0.15, 0.2) is 11.1 Å². The topological polar surface area (TPSA) is 208 Å². The molecule has 0 radical (unpaired) electrons. The number of benzene rings is 2. The summed E-state index contributed by atoms with van der Waals surface area (Å²) in [7, 11) is 4.55. The summed E-state index contributed by atoms with van der Waals surface area (Å²) in [6, 6.07) is 9.70. The highest BCUT2D eigenvalue weighted by Crippen LogP contribution is 2.28. The fraction of sp³-hybridized carbons (Fsp3) is 0.515. The van der Waals surface area contributed by atoms with E-state index < -0.39 is 23.0 Å². The number of carbonyl (C=O) groups is 2. The van der Waals surface area contributed by atoms with Crippen LogP contribution in [0, 0.1) is 0 Å². The maximum absolute atomic E-state index is 11.8. The van der Waals surface area contributed by atoms with E-state index in [0.29, 0.717) is 87.2 Å². The third-order valence-electron chi connectivity index (χ3n) is 7.31. The third kappa shape index (κ3) is 11.2. The summed E-state index contributed by atoms with van der Waals surface area (Å²) in [4.78, 5) is 31.5. The largest absolute Gasteiger partial charge is 0.507 e. The zero-order valence-corrected chi connectivity index (χ0v) is 28.4. The van der Waals surface area contributed by atoms with Crippen molar-refractivity contribution in [3.8, 4) is 23.0 Å². The first kappa shape index (κ1) is 38.8. The summed E-state index contributed by atoms with van der Waals surface area (Å²) in [6.07, 6.45) is 0. The van der Waals surface area contributed by atoms with Crippen LogP contribution in [0.15, 0.2) is 46.4 Å². The minimum Gasteiger partial charge on any atom is -0.507 e. The van der Waals surface area contributed by atoms with Crippen LogP contribution < -0.4 is 20.1 Å². The molecule has 2 heterocycles. The molecular formula is C33H46N4O12. The highest BCUT2D eigenvalue weighted by atomic mass is 16.5. The second-order valence-electron chi connectivity index (χ2n) is 11.3. The number of carboxylic acid groups (broad SMARTS) is 1. The molecule has 0 spiro atoms. The van der Waals surface area contributed by atoms with Crippen molar-refractivity contribution < 1.29 is 58.1 Å². The molecule has 2 unspecified atom stereocenters. The molecular weight excluding hydrogens is 644 g/mol. The molecule has 2 aliphatic rings. The number of nitrogens with one attached hydrogen (secondary N) is 2. The predicted octanol–water partition coefficient (Wildman–Crippen LogP) is 1.34. The Morgan fingerprint density at radius 1 is 0.694 bits per heavy atom. The quantitative estimate of drug-likeness (QED) is 0.111. The van der Waals surface area contributed by atoms with Crippen LogP contribution in [-0.4, -0.2) is 137 Å². The lowest BCUT2D eigenvalue weighted by molar-refractivity contribution is -0.146. The lowest BCUT2D eigenvalue weighted by atomic mass is 10.0. The van der Waals surface area contributed by atoms with E-state index in [1.807, 2.05) is 0 Å². The Labute approximate surface area is 285 Å². The predicted molar refractivity (Wildman–Crippen MR) is 178 cm³/mol. The molecule has 270 valence electrons. The van der Waals surface area contributed by atoms with Crippen LogP contribution in [0.3, 0.4) is 0 Å². The smallest absolute Gasteiger partial charge is 0.333 e. The summed E-state index contributed by atoms with van der Waals surface area (Å²) in [5.74, 6) is 0.393. The number of hydrogen-bond donors (Lipinski definition) is 5. The van der Waals surface area contributed by atoms with Crippen LogP contribution in [0.1, 0.15) is 25.0 Å². The van der Waals surface area contributed by atoms with E-state index in [9.17, 15) is 24.9 Å². The summed E-state index contributed by atoms with van der Waals surface area (Å²) >= 11 is 0. The highest BCUT2D eigenvalue weighted by Gasteiger charge is 2.40. The average molecular weight is 691 g/mol. The van der Waals surface area contributed by atoms with Gasteiger partial charge in [-0.05, 0) is 38.1 Å². The number of phenols is 2. The van der Waals surface area contributed by atoms with Gasteiger partial charge in [0.1, 0.15) is 47.9 Å². The van der Waals surface area contributed by atoms with E-state index in [1.54, 1.807) is 52.3 Å². The second kappa shape index (κ2) is 18.8. The number of phenolic OH excluding ortho intramolecular Hbond substituents is 2. The molecule has 49 heavy (non-hydrogen) atoms. The van der Waals surface area contributed by atoms with E-state index in [2.05, 4.69) is 20.6 Å². The summed E-state index contributed by atoms with van der Waals surface area (Å²) < 4.78 is 36.1. The number of nitrogens with zero attached hydrogens (tertiary/aromatic N) is 2. The van der Waals surface area contributed by atoms with Gasteiger partial charge in [0.25, 0.3) is 0 Å². The number of aromatic hydroxyl groups is 2. The van der Waals surface area contributed by atoms with Crippen LogP contribution in [0.2, 0.25) is 0 Å². The first-order valence-electron chi connectivity index (χ1n) is 15.5. The van der Waals surface area contributed by atoms with Crippen molar-refractivity contribution >= 4 is 23.6 Å². The summed E-state index contributed by atoms with van der Waals surface area (Å²) in [6.45, 7) is 7.22. The molecule has 2 atom stereocenters. The van der Waals surface area contributed by atoms with E-state index in [1.165, 1.54) is 19.2 Å². The zero-order valence-electron chi connectivity index (χ0n) is 28.4. The molecule has 0 fully saturated rings. The van der Waals surface area contributed by atoms with Gasteiger partial charge in [-0.3, -0.25) is 9.98 Å². The fourth-order valence-electron chi connectivity index (χ4n) is 4.45. The normalized spacial score (nSPS) is 19.4.